The molecule has 2 saturated heterocycles. The molecule has 70 valence electrons. The molecule has 2 bridgehead atoms. The van der Waals surface area contributed by atoms with Crippen LogP contribution in [0.3, 0.4) is 0 Å². The van der Waals surface area contributed by atoms with Crippen molar-refractivity contribution in [1.82, 2.24) is 0 Å². The van der Waals surface area contributed by atoms with Crippen molar-refractivity contribution < 1.29 is 14.6 Å². The molecular formula is C9H16O3. The minimum Gasteiger partial charge on any atom is -0.387 e. The summed E-state index contributed by atoms with van der Waals surface area (Å²) >= 11 is 0. The van der Waals surface area contributed by atoms with E-state index in [-0.39, 0.29) is 30.0 Å². The molecule has 0 aromatic rings. The van der Waals surface area contributed by atoms with Gasteiger partial charge in [-0.15, -0.1) is 0 Å². The van der Waals surface area contributed by atoms with Gasteiger partial charge < -0.3 is 14.6 Å². The van der Waals surface area contributed by atoms with Crippen LogP contribution in [0.2, 0.25) is 0 Å². The highest BCUT2D eigenvalue weighted by Crippen LogP contribution is 2.45. The lowest BCUT2D eigenvalue weighted by Gasteiger charge is -2.33. The Morgan fingerprint density at radius 2 is 2.33 bits per heavy atom. The van der Waals surface area contributed by atoms with Crippen molar-refractivity contribution in [3.05, 3.63) is 0 Å². The van der Waals surface area contributed by atoms with Crippen molar-refractivity contribution in [2.24, 2.45) is 0 Å². The number of fused-ring (bicyclic) bond motifs is 2. The van der Waals surface area contributed by atoms with Crippen LogP contribution in [0.1, 0.15) is 27.2 Å². The fourth-order valence-electron chi connectivity index (χ4n) is 2.44. The highest BCUT2D eigenvalue weighted by Gasteiger charge is 2.62. The molecule has 12 heavy (non-hydrogen) atoms. The number of rotatable bonds is 2. The maximum absolute atomic E-state index is 7.05. The lowest BCUT2D eigenvalue weighted by molar-refractivity contribution is -0.176. The van der Waals surface area contributed by atoms with Crippen LogP contribution in [-0.4, -0.2) is 36.6 Å². The third kappa shape index (κ3) is 0.767. The Morgan fingerprint density at radius 3 is 2.83 bits per heavy atom. The SMILES string of the molecule is [3H]O[C@H]1[C@H]2O[C@@H](C)[C@]1(CC)O[C@H]2C. The first-order chi connectivity index (χ1) is 6.15. The first-order valence-electron chi connectivity index (χ1n) is 5.01. The fraction of sp³-hybridized carbons (Fsp3) is 1.00. The summed E-state index contributed by atoms with van der Waals surface area (Å²) < 4.78 is 18.6. The Morgan fingerprint density at radius 1 is 1.58 bits per heavy atom. The van der Waals surface area contributed by atoms with Gasteiger partial charge in [0.05, 0.1) is 12.2 Å². The van der Waals surface area contributed by atoms with Gasteiger partial charge in [0.1, 0.15) is 17.8 Å². The molecule has 0 radical (unpaired) electrons. The highest BCUT2D eigenvalue weighted by molar-refractivity contribution is 5.10. The minimum absolute atomic E-state index is 0.0362. The van der Waals surface area contributed by atoms with E-state index >= 15 is 0 Å². The molecule has 0 aliphatic carbocycles. The van der Waals surface area contributed by atoms with E-state index in [4.69, 9.17) is 16.0 Å². The maximum Gasteiger partial charge on any atom is 0.211 e. The smallest absolute Gasteiger partial charge is 0.211 e. The molecule has 3 heteroatoms. The zero-order chi connectivity index (χ0) is 9.64. The molecule has 0 saturated carbocycles. The van der Waals surface area contributed by atoms with E-state index in [9.17, 15) is 0 Å². The van der Waals surface area contributed by atoms with E-state index in [0.29, 0.717) is 0 Å². The van der Waals surface area contributed by atoms with E-state index in [2.05, 4.69) is 0 Å². The molecule has 2 aliphatic heterocycles. The molecule has 0 aromatic carbocycles. The van der Waals surface area contributed by atoms with Crippen molar-refractivity contribution >= 4 is 0 Å². The summed E-state index contributed by atoms with van der Waals surface area (Å²) in [6.45, 7) is 6.01. The van der Waals surface area contributed by atoms with Gasteiger partial charge in [-0.3, -0.25) is 0 Å². The predicted octanol–water partition coefficient (Wildman–Crippen LogP) is 0.702. The van der Waals surface area contributed by atoms with Gasteiger partial charge >= 0.3 is 0 Å². The topological polar surface area (TPSA) is 38.7 Å². The predicted molar refractivity (Wildman–Crippen MR) is 43.9 cm³/mol. The normalized spacial score (nSPS) is 59.1. The lowest BCUT2D eigenvalue weighted by Crippen LogP contribution is -2.45. The van der Waals surface area contributed by atoms with Gasteiger partial charge in [0.15, 0.2) is 0 Å². The van der Waals surface area contributed by atoms with E-state index in [1.165, 1.54) is 0 Å². The number of aliphatic hydroxyl groups excluding tert-OH is 1. The zero-order valence-electron chi connectivity index (χ0n) is 8.74. The highest BCUT2D eigenvalue weighted by atomic mass is 16.6. The van der Waals surface area contributed by atoms with Crippen molar-refractivity contribution in [1.29, 1.82) is 1.43 Å². The Kier molecular flexibility index (Phi) is 1.48. The van der Waals surface area contributed by atoms with Crippen molar-refractivity contribution in [3.63, 3.8) is 0 Å². The average Bonchev–Trinajstić information content (AvgIpc) is 2.54. The summed E-state index contributed by atoms with van der Waals surface area (Å²) in [4.78, 5) is 0. The quantitative estimate of drug-likeness (QED) is 0.669. The molecule has 2 rings (SSSR count). The second-order valence-corrected chi connectivity index (χ2v) is 3.80. The number of aliphatic hydroxyl groups is 1. The Hall–Kier alpha value is -0.120. The summed E-state index contributed by atoms with van der Waals surface area (Å²) in [5.74, 6) is 0. The molecule has 5 atom stereocenters. The molecule has 0 amide bonds. The van der Waals surface area contributed by atoms with Crippen LogP contribution >= 0.6 is 0 Å². The molecular weight excluding hydrogens is 156 g/mol. The molecule has 2 heterocycles. The largest absolute Gasteiger partial charge is 0.387 e. The van der Waals surface area contributed by atoms with Crippen molar-refractivity contribution in [2.75, 3.05) is 0 Å². The molecule has 2 aliphatic rings. The third-order valence-electron chi connectivity index (χ3n) is 3.25. The zero-order valence-corrected chi connectivity index (χ0v) is 7.74. The van der Waals surface area contributed by atoms with E-state index < -0.39 is 0 Å². The van der Waals surface area contributed by atoms with E-state index in [0.717, 1.165) is 6.42 Å². The van der Waals surface area contributed by atoms with Crippen LogP contribution in [-0.2, 0) is 9.47 Å². The van der Waals surface area contributed by atoms with Gasteiger partial charge in [-0.2, -0.15) is 0 Å². The second kappa shape index (κ2) is 2.44. The summed E-state index contributed by atoms with van der Waals surface area (Å²) in [6, 6.07) is 0. The minimum atomic E-state index is -0.383. The summed E-state index contributed by atoms with van der Waals surface area (Å²) in [6.07, 6.45) is 0.633. The monoisotopic (exact) mass is 174 g/mol. The van der Waals surface area contributed by atoms with E-state index in [1.807, 2.05) is 20.8 Å². The molecule has 0 unspecified atom stereocenters. The Balaban J connectivity index is 2.29. The van der Waals surface area contributed by atoms with Crippen LogP contribution in [0.4, 0.5) is 0 Å². The molecule has 2 fully saturated rings. The van der Waals surface area contributed by atoms with Gasteiger partial charge in [0.2, 0.25) is 1.43 Å². The van der Waals surface area contributed by atoms with Gasteiger partial charge in [-0.05, 0) is 20.3 Å². The standard InChI is InChI=1S/C9H16O3/c1-4-9-6(3)11-7(8(9)10)5(2)12-9/h5-8,10H,4H2,1-3H3/t5-,6-,7-,8-,9-/m0/s1/i10T. The van der Waals surface area contributed by atoms with Gasteiger partial charge in [-0.25, -0.2) is 0 Å². The molecule has 3 nitrogen and oxygen atoms in total. The average molecular weight is 174 g/mol. The molecule has 0 aromatic heterocycles. The van der Waals surface area contributed by atoms with Gasteiger partial charge in [0.25, 0.3) is 0 Å². The fourth-order valence-corrected chi connectivity index (χ4v) is 2.44. The first-order valence-corrected chi connectivity index (χ1v) is 4.61. The third-order valence-corrected chi connectivity index (χ3v) is 3.25. The van der Waals surface area contributed by atoms with Crippen LogP contribution in [0.5, 0.6) is 0 Å². The van der Waals surface area contributed by atoms with Gasteiger partial charge in [0, 0.05) is 0 Å². The van der Waals surface area contributed by atoms with Gasteiger partial charge in [-0.1, -0.05) is 6.92 Å². The number of hydrogen-bond donors (Lipinski definition) is 1. The lowest BCUT2D eigenvalue weighted by atomic mass is 9.91. The first kappa shape index (κ1) is 7.30. The van der Waals surface area contributed by atoms with Crippen LogP contribution in [0, 0.1) is 0 Å². The summed E-state index contributed by atoms with van der Waals surface area (Å²) in [7, 11) is 0. The Bertz CT molecular complexity index is 211. The summed E-state index contributed by atoms with van der Waals surface area (Å²) in [5.41, 5.74) is -0.383. The number of hydrogen-bond acceptors (Lipinski definition) is 3. The Labute approximate surface area is 74.2 Å². The van der Waals surface area contributed by atoms with Crippen LogP contribution < -0.4 is 0 Å². The van der Waals surface area contributed by atoms with Crippen LogP contribution in [0.25, 0.3) is 0 Å². The second-order valence-electron chi connectivity index (χ2n) is 3.80. The van der Waals surface area contributed by atoms with Crippen molar-refractivity contribution in [2.45, 2.75) is 57.2 Å². The van der Waals surface area contributed by atoms with Crippen molar-refractivity contribution in [3.8, 4) is 0 Å². The molecule has 1 N–H and O–H groups in total. The van der Waals surface area contributed by atoms with Crippen LogP contribution in [0.15, 0.2) is 0 Å². The number of ether oxygens (including phenoxy) is 2. The van der Waals surface area contributed by atoms with E-state index in [1.54, 1.807) is 0 Å². The maximum atomic E-state index is 7.05. The summed E-state index contributed by atoms with van der Waals surface area (Å²) in [5, 5.41) is 4.73. The molecule has 0 spiro atoms.